The number of nitro benzene ring substituents is 1. The van der Waals surface area contributed by atoms with Gasteiger partial charge in [0.15, 0.2) is 6.61 Å². The van der Waals surface area contributed by atoms with Gasteiger partial charge in [0.05, 0.1) is 19.1 Å². The first kappa shape index (κ1) is 29.9. The summed E-state index contributed by atoms with van der Waals surface area (Å²) in [5.74, 6) is 0.188. The zero-order valence-corrected chi connectivity index (χ0v) is 23.0. The smallest absolute Gasteiger partial charge is 0.311 e. The van der Waals surface area contributed by atoms with Gasteiger partial charge in [-0.3, -0.25) is 19.7 Å². The Morgan fingerprint density at radius 1 is 0.950 bits per heavy atom. The first-order chi connectivity index (χ1) is 19.4. The number of hydrogen-bond acceptors (Lipinski definition) is 7. The van der Waals surface area contributed by atoms with Crippen LogP contribution in [0.2, 0.25) is 0 Å². The molecular weight excluding hydrogens is 514 g/mol. The van der Waals surface area contributed by atoms with Crippen molar-refractivity contribution in [3.05, 3.63) is 94.0 Å². The number of benzene rings is 3. The summed E-state index contributed by atoms with van der Waals surface area (Å²) in [5.41, 5.74) is 1.47. The van der Waals surface area contributed by atoms with E-state index >= 15 is 0 Å². The lowest BCUT2D eigenvalue weighted by atomic mass is 10.0. The predicted molar refractivity (Wildman–Crippen MR) is 151 cm³/mol. The Bertz CT molecular complexity index is 1280. The second-order valence-electron chi connectivity index (χ2n) is 9.10. The second-order valence-corrected chi connectivity index (χ2v) is 9.10. The molecule has 212 valence electrons. The van der Waals surface area contributed by atoms with Crippen LogP contribution in [-0.4, -0.2) is 55.1 Å². The highest BCUT2D eigenvalue weighted by molar-refractivity contribution is 5.88. The molecule has 3 aromatic carbocycles. The van der Waals surface area contributed by atoms with E-state index in [-0.39, 0.29) is 29.6 Å². The minimum absolute atomic E-state index is 0.0143. The van der Waals surface area contributed by atoms with E-state index in [1.165, 1.54) is 30.2 Å². The average Bonchev–Trinajstić information content (AvgIpc) is 2.98. The summed E-state index contributed by atoms with van der Waals surface area (Å²) >= 11 is 0. The van der Waals surface area contributed by atoms with Crippen molar-refractivity contribution in [2.45, 2.75) is 38.8 Å². The van der Waals surface area contributed by atoms with E-state index in [9.17, 15) is 19.7 Å². The molecule has 0 unspecified atom stereocenters. The summed E-state index contributed by atoms with van der Waals surface area (Å²) in [7, 11) is 2.88. The van der Waals surface area contributed by atoms with Gasteiger partial charge >= 0.3 is 5.69 Å². The highest BCUT2D eigenvalue weighted by atomic mass is 16.6. The van der Waals surface area contributed by atoms with Crippen LogP contribution >= 0.6 is 0 Å². The zero-order valence-electron chi connectivity index (χ0n) is 23.0. The molecule has 0 bridgehead atoms. The maximum Gasteiger partial charge on any atom is 0.311 e. The molecular formula is C30H35N3O7. The van der Waals surface area contributed by atoms with Crippen molar-refractivity contribution in [3.8, 4) is 17.2 Å². The molecule has 0 aliphatic heterocycles. The second kappa shape index (κ2) is 15.1. The fourth-order valence-electron chi connectivity index (χ4n) is 4.15. The molecule has 0 spiro atoms. The largest absolute Gasteiger partial charge is 0.497 e. The quantitative estimate of drug-likeness (QED) is 0.168. The maximum atomic E-state index is 13.7. The number of carbonyl (C=O) groups excluding carboxylic acids is 2. The van der Waals surface area contributed by atoms with Crippen LogP contribution in [0.4, 0.5) is 5.69 Å². The molecule has 3 aromatic rings. The molecule has 2 amide bonds. The highest BCUT2D eigenvalue weighted by Gasteiger charge is 2.31. The van der Waals surface area contributed by atoms with E-state index in [1.807, 2.05) is 55.5 Å². The Morgan fingerprint density at radius 2 is 1.70 bits per heavy atom. The van der Waals surface area contributed by atoms with Crippen molar-refractivity contribution < 1.29 is 28.7 Å². The number of rotatable bonds is 15. The standard InChI is InChI=1S/C30H35N3O7/c1-4-5-16-31-30(35)27(18-22-10-7-6-8-11-22)32(20-23-12-9-13-24(17-23)38-2)29(34)21-40-25-14-15-26(33(36)37)28(19-25)39-3/h6-15,17,19,27H,4-5,16,18,20-21H2,1-3H3,(H,31,35)/t27-/m1/s1. The average molecular weight is 550 g/mol. The predicted octanol–water partition coefficient (Wildman–Crippen LogP) is 4.55. The van der Waals surface area contributed by atoms with Gasteiger partial charge in [-0.2, -0.15) is 0 Å². The van der Waals surface area contributed by atoms with Gasteiger partial charge < -0.3 is 24.4 Å². The Hall–Kier alpha value is -4.60. The van der Waals surface area contributed by atoms with Gasteiger partial charge in [0.1, 0.15) is 17.5 Å². The van der Waals surface area contributed by atoms with Crippen molar-refractivity contribution in [2.75, 3.05) is 27.4 Å². The molecule has 0 saturated heterocycles. The third-order valence-electron chi connectivity index (χ3n) is 6.30. The van der Waals surface area contributed by atoms with Crippen LogP contribution in [-0.2, 0) is 22.6 Å². The molecule has 0 fully saturated rings. The third-order valence-corrected chi connectivity index (χ3v) is 6.30. The fourth-order valence-corrected chi connectivity index (χ4v) is 4.15. The van der Waals surface area contributed by atoms with Gasteiger partial charge in [-0.15, -0.1) is 0 Å². The number of methoxy groups -OCH3 is 2. The van der Waals surface area contributed by atoms with Crippen molar-refractivity contribution in [3.63, 3.8) is 0 Å². The molecule has 0 aromatic heterocycles. The van der Waals surface area contributed by atoms with Gasteiger partial charge in [0.2, 0.25) is 11.7 Å². The lowest BCUT2D eigenvalue weighted by Crippen LogP contribution is -2.51. The number of unbranched alkanes of at least 4 members (excludes halogenated alkanes) is 1. The minimum atomic E-state index is -0.812. The molecule has 0 aliphatic carbocycles. The van der Waals surface area contributed by atoms with E-state index < -0.39 is 23.5 Å². The lowest BCUT2D eigenvalue weighted by Gasteiger charge is -2.31. The molecule has 1 atom stereocenters. The van der Waals surface area contributed by atoms with Crippen LogP contribution in [0, 0.1) is 10.1 Å². The van der Waals surface area contributed by atoms with E-state index in [4.69, 9.17) is 14.2 Å². The third kappa shape index (κ3) is 8.45. The summed E-state index contributed by atoms with van der Waals surface area (Å²) in [6, 6.07) is 20.0. The van der Waals surface area contributed by atoms with Crippen molar-refractivity contribution in [2.24, 2.45) is 0 Å². The number of amides is 2. The Kier molecular flexibility index (Phi) is 11.3. The van der Waals surface area contributed by atoms with E-state index in [0.29, 0.717) is 18.7 Å². The molecule has 1 N–H and O–H groups in total. The van der Waals surface area contributed by atoms with Crippen LogP contribution < -0.4 is 19.5 Å². The summed E-state index contributed by atoms with van der Waals surface area (Å²) < 4.78 is 16.2. The van der Waals surface area contributed by atoms with Gasteiger partial charge in [-0.05, 0) is 35.7 Å². The van der Waals surface area contributed by atoms with Gasteiger partial charge in [0.25, 0.3) is 5.91 Å². The Labute approximate surface area is 234 Å². The minimum Gasteiger partial charge on any atom is -0.497 e. The van der Waals surface area contributed by atoms with Crippen LogP contribution in [0.5, 0.6) is 17.2 Å². The molecule has 0 heterocycles. The summed E-state index contributed by atoms with van der Waals surface area (Å²) in [4.78, 5) is 39.4. The zero-order chi connectivity index (χ0) is 28.9. The molecule has 0 saturated carbocycles. The molecule has 10 nitrogen and oxygen atoms in total. The van der Waals surface area contributed by atoms with Gasteiger partial charge in [0, 0.05) is 31.6 Å². The molecule has 0 radical (unpaired) electrons. The highest BCUT2D eigenvalue weighted by Crippen LogP contribution is 2.31. The topological polar surface area (TPSA) is 120 Å². The van der Waals surface area contributed by atoms with Gasteiger partial charge in [-0.25, -0.2) is 0 Å². The van der Waals surface area contributed by atoms with Gasteiger partial charge in [-0.1, -0.05) is 55.8 Å². The normalized spacial score (nSPS) is 11.3. The number of hydrogen-bond donors (Lipinski definition) is 1. The summed E-state index contributed by atoms with van der Waals surface area (Å²) in [6.07, 6.45) is 2.04. The van der Waals surface area contributed by atoms with E-state index in [1.54, 1.807) is 13.2 Å². The van der Waals surface area contributed by atoms with Crippen LogP contribution in [0.1, 0.15) is 30.9 Å². The number of carbonyl (C=O) groups is 2. The first-order valence-corrected chi connectivity index (χ1v) is 13.1. The Balaban J connectivity index is 1.91. The summed E-state index contributed by atoms with van der Waals surface area (Å²) in [5, 5.41) is 14.2. The van der Waals surface area contributed by atoms with Crippen LogP contribution in [0.3, 0.4) is 0 Å². The van der Waals surface area contributed by atoms with E-state index in [0.717, 1.165) is 24.0 Å². The summed E-state index contributed by atoms with van der Waals surface area (Å²) in [6.45, 7) is 2.29. The SMILES string of the molecule is CCCCNC(=O)[C@@H](Cc1ccccc1)N(Cc1cccc(OC)c1)C(=O)COc1ccc([N+](=O)[O-])c(OC)c1. The first-order valence-electron chi connectivity index (χ1n) is 13.1. The lowest BCUT2D eigenvalue weighted by molar-refractivity contribution is -0.385. The van der Waals surface area contributed by atoms with Crippen LogP contribution in [0.15, 0.2) is 72.8 Å². The molecule has 3 rings (SSSR count). The molecule has 0 aliphatic rings. The molecule has 40 heavy (non-hydrogen) atoms. The fraction of sp³-hybridized carbons (Fsp3) is 0.333. The maximum absolute atomic E-state index is 13.7. The Morgan fingerprint density at radius 3 is 2.38 bits per heavy atom. The number of nitrogens with zero attached hydrogens (tertiary/aromatic N) is 2. The number of nitrogens with one attached hydrogen (secondary N) is 1. The van der Waals surface area contributed by atoms with Crippen molar-refractivity contribution >= 4 is 17.5 Å². The van der Waals surface area contributed by atoms with E-state index in [2.05, 4.69) is 5.32 Å². The number of ether oxygens (including phenoxy) is 3. The van der Waals surface area contributed by atoms with Crippen LogP contribution in [0.25, 0.3) is 0 Å². The monoisotopic (exact) mass is 549 g/mol. The molecule has 10 heteroatoms. The van der Waals surface area contributed by atoms with Crippen molar-refractivity contribution in [1.82, 2.24) is 10.2 Å². The van der Waals surface area contributed by atoms with Crippen molar-refractivity contribution in [1.29, 1.82) is 0 Å². The number of nitro groups is 1.